The van der Waals surface area contributed by atoms with Crippen LogP contribution in [0.3, 0.4) is 0 Å². The molecule has 1 aromatic heterocycles. The molecule has 2 nitrogen and oxygen atoms in total. The maximum absolute atomic E-state index is 6.39. The van der Waals surface area contributed by atoms with Crippen molar-refractivity contribution >= 4 is 60.5 Å². The summed E-state index contributed by atoms with van der Waals surface area (Å²) in [5, 5.41) is 7.24. The lowest BCUT2D eigenvalue weighted by Crippen LogP contribution is -2.11. The number of hydrogen-bond donors (Lipinski definition) is 0. The SMILES string of the molecule is c1cc(-c2ccc(N(c3ccc(-c4ccc(-c5cccc6ccccc56)cc4)cc3)c3ccccc3-c3cccc4oc5ccccc5c34)cc2)cc(-c2ccc3ccccc3c2)c1. The summed E-state index contributed by atoms with van der Waals surface area (Å²) in [6, 6.07) is 89.7. The van der Waals surface area contributed by atoms with Crippen LogP contribution in [0.4, 0.5) is 17.1 Å². The number of rotatable bonds is 8. The Morgan fingerprint density at radius 1 is 0.266 bits per heavy atom. The zero-order valence-electron chi connectivity index (χ0n) is 35.0. The van der Waals surface area contributed by atoms with Crippen molar-refractivity contribution < 1.29 is 4.42 Å². The molecule has 1 heterocycles. The fraction of sp³-hybridized carbons (Fsp3) is 0. The predicted molar refractivity (Wildman–Crippen MR) is 271 cm³/mol. The van der Waals surface area contributed by atoms with Crippen LogP contribution in [0.2, 0.25) is 0 Å². The molecule has 11 aromatic carbocycles. The van der Waals surface area contributed by atoms with Crippen molar-refractivity contribution in [3.63, 3.8) is 0 Å². The third-order valence-corrected chi connectivity index (χ3v) is 12.7. The Bertz CT molecular complexity index is 3650. The molecule has 0 bridgehead atoms. The second kappa shape index (κ2) is 15.8. The van der Waals surface area contributed by atoms with Crippen LogP contribution in [0.15, 0.2) is 253 Å². The maximum atomic E-state index is 6.39. The van der Waals surface area contributed by atoms with Crippen molar-refractivity contribution in [3.05, 3.63) is 249 Å². The van der Waals surface area contributed by atoms with Crippen LogP contribution in [0, 0.1) is 0 Å². The summed E-state index contributed by atoms with van der Waals surface area (Å²) in [5.74, 6) is 0. The lowest BCUT2D eigenvalue weighted by Gasteiger charge is -2.28. The lowest BCUT2D eigenvalue weighted by molar-refractivity contribution is 0.669. The van der Waals surface area contributed by atoms with Gasteiger partial charge in [-0.3, -0.25) is 0 Å². The molecule has 0 saturated carbocycles. The van der Waals surface area contributed by atoms with Gasteiger partial charge < -0.3 is 9.32 Å². The van der Waals surface area contributed by atoms with Gasteiger partial charge in [0.15, 0.2) is 0 Å². The van der Waals surface area contributed by atoms with Crippen molar-refractivity contribution in [2.45, 2.75) is 0 Å². The smallest absolute Gasteiger partial charge is 0.136 e. The van der Waals surface area contributed by atoms with Gasteiger partial charge in [0.2, 0.25) is 0 Å². The molecule has 0 amide bonds. The van der Waals surface area contributed by atoms with E-state index in [0.29, 0.717) is 0 Å². The van der Waals surface area contributed by atoms with Crippen LogP contribution >= 0.6 is 0 Å². The maximum Gasteiger partial charge on any atom is 0.136 e. The lowest BCUT2D eigenvalue weighted by atomic mass is 9.95. The van der Waals surface area contributed by atoms with Crippen LogP contribution in [0.25, 0.3) is 99.1 Å². The van der Waals surface area contributed by atoms with Gasteiger partial charge in [-0.1, -0.05) is 194 Å². The van der Waals surface area contributed by atoms with Gasteiger partial charge in [-0.05, 0) is 126 Å². The Kier molecular flexibility index (Phi) is 9.20. The van der Waals surface area contributed by atoms with E-state index < -0.39 is 0 Å². The minimum absolute atomic E-state index is 0.881. The quantitative estimate of drug-likeness (QED) is 0.152. The summed E-state index contributed by atoms with van der Waals surface area (Å²) in [6.45, 7) is 0. The average Bonchev–Trinajstić information content (AvgIpc) is 3.76. The number of benzene rings is 11. The Hall–Kier alpha value is -8.46. The molecule has 64 heavy (non-hydrogen) atoms. The first-order chi connectivity index (χ1) is 31.7. The standard InChI is InChI=1S/C62H41NO/c1-2-14-48-41-51(31-28-42(48)12-1)50-17-9-16-49(40-50)45-34-38-53(39-35-45)63(59-23-7-5-19-56(59)57-22-11-25-61-62(57)58-20-6-8-24-60(58)64-61)52-36-32-44(33-37-52)43-26-29-47(30-27-43)55-21-10-15-46-13-3-4-18-54(46)55/h1-41H. The van der Waals surface area contributed by atoms with Gasteiger partial charge in [0.25, 0.3) is 0 Å². The zero-order chi connectivity index (χ0) is 42.4. The largest absolute Gasteiger partial charge is 0.456 e. The highest BCUT2D eigenvalue weighted by molar-refractivity contribution is 6.14. The Balaban J connectivity index is 0.939. The molecule has 0 aliphatic rings. The van der Waals surface area contributed by atoms with Crippen molar-refractivity contribution in [3.8, 4) is 55.6 Å². The van der Waals surface area contributed by atoms with Crippen LogP contribution in [-0.2, 0) is 0 Å². The van der Waals surface area contributed by atoms with Crippen LogP contribution in [0.1, 0.15) is 0 Å². The number of fused-ring (bicyclic) bond motifs is 5. The second-order valence-corrected chi connectivity index (χ2v) is 16.5. The van der Waals surface area contributed by atoms with E-state index in [4.69, 9.17) is 4.42 Å². The molecule has 0 fully saturated rings. The highest BCUT2D eigenvalue weighted by atomic mass is 16.3. The molecule has 0 saturated heterocycles. The third kappa shape index (κ3) is 6.70. The van der Waals surface area contributed by atoms with E-state index in [-0.39, 0.29) is 0 Å². The van der Waals surface area contributed by atoms with Gasteiger partial charge >= 0.3 is 0 Å². The molecule has 12 rings (SSSR count). The fourth-order valence-corrected chi connectivity index (χ4v) is 9.50. The number of para-hydroxylation sites is 2. The molecular weight excluding hydrogens is 775 g/mol. The molecule has 0 spiro atoms. The van der Waals surface area contributed by atoms with Gasteiger partial charge in [-0.2, -0.15) is 0 Å². The topological polar surface area (TPSA) is 16.4 Å². The van der Waals surface area contributed by atoms with Crippen LogP contribution in [0.5, 0.6) is 0 Å². The average molecular weight is 816 g/mol. The molecule has 2 heteroatoms. The number of furan rings is 1. The summed E-state index contributed by atoms with van der Waals surface area (Å²) in [4.78, 5) is 2.39. The van der Waals surface area contributed by atoms with E-state index in [1.165, 1.54) is 54.9 Å². The first-order valence-corrected chi connectivity index (χ1v) is 21.9. The summed E-state index contributed by atoms with van der Waals surface area (Å²) >= 11 is 0. The summed E-state index contributed by atoms with van der Waals surface area (Å²) in [5.41, 5.74) is 16.8. The van der Waals surface area contributed by atoms with Crippen molar-refractivity contribution in [1.29, 1.82) is 0 Å². The highest BCUT2D eigenvalue weighted by Crippen LogP contribution is 2.45. The Labute approximate surface area is 372 Å². The minimum atomic E-state index is 0.881. The fourth-order valence-electron chi connectivity index (χ4n) is 9.50. The highest BCUT2D eigenvalue weighted by Gasteiger charge is 2.21. The van der Waals surface area contributed by atoms with Gasteiger partial charge in [0.1, 0.15) is 11.2 Å². The molecule has 0 N–H and O–H groups in total. The number of nitrogens with zero attached hydrogens (tertiary/aromatic N) is 1. The van der Waals surface area contributed by atoms with Gasteiger partial charge in [-0.25, -0.2) is 0 Å². The molecule has 0 aliphatic carbocycles. The van der Waals surface area contributed by atoms with E-state index in [9.17, 15) is 0 Å². The third-order valence-electron chi connectivity index (χ3n) is 12.7. The van der Waals surface area contributed by atoms with E-state index in [2.05, 4.69) is 248 Å². The molecule has 300 valence electrons. The van der Waals surface area contributed by atoms with Crippen molar-refractivity contribution in [2.24, 2.45) is 0 Å². The minimum Gasteiger partial charge on any atom is -0.456 e. The molecule has 0 atom stereocenters. The summed E-state index contributed by atoms with van der Waals surface area (Å²) in [7, 11) is 0. The van der Waals surface area contributed by atoms with Crippen molar-refractivity contribution in [1.82, 2.24) is 0 Å². The van der Waals surface area contributed by atoms with Crippen LogP contribution < -0.4 is 4.90 Å². The second-order valence-electron chi connectivity index (χ2n) is 16.5. The molecule has 0 aliphatic heterocycles. The number of anilines is 3. The van der Waals surface area contributed by atoms with Gasteiger partial charge in [-0.15, -0.1) is 0 Å². The van der Waals surface area contributed by atoms with Gasteiger partial charge in [0, 0.05) is 27.7 Å². The molecule has 12 aromatic rings. The molecule has 0 radical (unpaired) electrons. The summed E-state index contributed by atoms with van der Waals surface area (Å²) < 4.78 is 6.39. The molecule has 0 unspecified atom stereocenters. The van der Waals surface area contributed by atoms with E-state index in [1.807, 2.05) is 6.07 Å². The van der Waals surface area contributed by atoms with Gasteiger partial charge in [0.05, 0.1) is 5.69 Å². The normalized spacial score (nSPS) is 11.4. The van der Waals surface area contributed by atoms with Crippen LogP contribution in [-0.4, -0.2) is 0 Å². The number of hydrogen-bond acceptors (Lipinski definition) is 2. The monoisotopic (exact) mass is 815 g/mol. The van der Waals surface area contributed by atoms with E-state index >= 15 is 0 Å². The summed E-state index contributed by atoms with van der Waals surface area (Å²) in [6.07, 6.45) is 0. The first-order valence-electron chi connectivity index (χ1n) is 21.9. The Morgan fingerprint density at radius 3 is 1.53 bits per heavy atom. The Morgan fingerprint density at radius 2 is 0.750 bits per heavy atom. The van der Waals surface area contributed by atoms with Crippen molar-refractivity contribution in [2.75, 3.05) is 4.90 Å². The van der Waals surface area contributed by atoms with E-state index in [1.54, 1.807) is 0 Å². The zero-order valence-corrected chi connectivity index (χ0v) is 35.0. The first kappa shape index (κ1) is 37.3. The predicted octanol–water partition coefficient (Wildman–Crippen LogP) is 17.7. The van der Waals surface area contributed by atoms with E-state index in [0.717, 1.165) is 61.3 Å². The molecular formula is C62H41NO.